The Labute approximate surface area is 154 Å². The third-order valence-corrected chi connectivity index (χ3v) is 4.64. The molecule has 0 aromatic heterocycles. The molecule has 2 aromatic rings. The summed E-state index contributed by atoms with van der Waals surface area (Å²) in [5, 5.41) is 2.82. The first-order valence-electron chi connectivity index (χ1n) is 6.51. The number of carbonyl (C=O) groups is 1. The van der Waals surface area contributed by atoms with Gasteiger partial charge in [-0.05, 0) is 81.1 Å². The highest BCUT2D eigenvalue weighted by Crippen LogP contribution is 2.32. The molecule has 0 unspecified atom stereocenters. The van der Waals surface area contributed by atoms with Gasteiger partial charge in [0.15, 0.2) is 6.61 Å². The fraction of sp³-hybridized carbons (Fsp3) is 0.188. The van der Waals surface area contributed by atoms with Crippen LogP contribution in [0.2, 0.25) is 0 Å². The lowest BCUT2D eigenvalue weighted by atomic mass is 10.2. The fourth-order valence-electron chi connectivity index (χ4n) is 1.92. The second kappa shape index (κ2) is 7.62. The molecule has 0 bridgehead atoms. The van der Waals surface area contributed by atoms with Crippen molar-refractivity contribution in [2.75, 3.05) is 11.9 Å². The van der Waals surface area contributed by atoms with Crippen molar-refractivity contribution in [3.63, 3.8) is 0 Å². The number of ether oxygens (including phenoxy) is 1. The van der Waals surface area contributed by atoms with Crippen LogP contribution in [0.15, 0.2) is 43.7 Å². The summed E-state index contributed by atoms with van der Waals surface area (Å²) in [4.78, 5) is 12.0. The van der Waals surface area contributed by atoms with E-state index in [1.54, 1.807) is 0 Å². The van der Waals surface area contributed by atoms with Crippen LogP contribution in [-0.2, 0) is 4.79 Å². The molecule has 2 aromatic carbocycles. The van der Waals surface area contributed by atoms with Gasteiger partial charge in [0, 0.05) is 8.95 Å². The lowest BCUT2D eigenvalue weighted by Crippen LogP contribution is -2.20. The number of rotatable bonds is 4. The van der Waals surface area contributed by atoms with Crippen LogP contribution >= 0.6 is 47.8 Å². The van der Waals surface area contributed by atoms with Crippen molar-refractivity contribution in [3.8, 4) is 5.75 Å². The number of hydrogen-bond acceptors (Lipinski definition) is 2. The maximum Gasteiger partial charge on any atom is 0.262 e. The third kappa shape index (κ3) is 4.57. The van der Waals surface area contributed by atoms with Gasteiger partial charge in [0.25, 0.3) is 5.91 Å². The van der Waals surface area contributed by atoms with Gasteiger partial charge in [0.05, 0.1) is 10.2 Å². The molecule has 0 atom stereocenters. The summed E-state index contributed by atoms with van der Waals surface area (Å²) >= 11 is 10.3. The summed E-state index contributed by atoms with van der Waals surface area (Å²) in [6.45, 7) is 3.87. The number of halogens is 3. The molecule has 3 nitrogen and oxygen atoms in total. The van der Waals surface area contributed by atoms with Crippen molar-refractivity contribution in [3.05, 3.63) is 54.9 Å². The van der Waals surface area contributed by atoms with Crippen molar-refractivity contribution in [2.24, 2.45) is 0 Å². The molecule has 2 rings (SSSR count). The Morgan fingerprint density at radius 1 is 1.09 bits per heavy atom. The van der Waals surface area contributed by atoms with Gasteiger partial charge in [-0.25, -0.2) is 0 Å². The van der Waals surface area contributed by atoms with Gasteiger partial charge in [0.1, 0.15) is 5.75 Å². The largest absolute Gasteiger partial charge is 0.482 e. The maximum absolute atomic E-state index is 12.0. The average molecular weight is 492 g/mol. The summed E-state index contributed by atoms with van der Waals surface area (Å²) in [6, 6.07) is 9.58. The molecule has 0 aliphatic heterocycles. The molecule has 0 radical (unpaired) electrons. The number of hydrogen-bond donors (Lipinski definition) is 1. The fourth-order valence-corrected chi connectivity index (χ4v) is 4.06. The van der Waals surface area contributed by atoms with Crippen LogP contribution in [0.5, 0.6) is 5.75 Å². The first-order chi connectivity index (χ1) is 10.4. The van der Waals surface area contributed by atoms with Gasteiger partial charge >= 0.3 is 0 Å². The van der Waals surface area contributed by atoms with Crippen molar-refractivity contribution in [1.29, 1.82) is 0 Å². The number of amides is 1. The minimum atomic E-state index is -0.209. The van der Waals surface area contributed by atoms with Gasteiger partial charge in [-0.1, -0.05) is 22.0 Å². The standard InChI is InChI=1S/C16H14Br3NO2/c1-9-3-4-14(12(18)5-9)20-15(21)8-22-16-10(2)6-11(17)7-13(16)19/h3-7H,8H2,1-2H3,(H,20,21). The molecule has 0 saturated carbocycles. The highest BCUT2D eigenvalue weighted by molar-refractivity contribution is 9.11. The summed E-state index contributed by atoms with van der Waals surface area (Å²) in [7, 11) is 0. The molecule has 1 amide bonds. The molecule has 0 heterocycles. The number of aryl methyl sites for hydroxylation is 2. The molecular formula is C16H14Br3NO2. The molecule has 22 heavy (non-hydrogen) atoms. The number of benzene rings is 2. The van der Waals surface area contributed by atoms with E-state index in [1.807, 2.05) is 44.2 Å². The molecule has 0 fully saturated rings. The second-order valence-corrected chi connectivity index (χ2v) is 7.48. The topological polar surface area (TPSA) is 38.3 Å². The van der Waals surface area contributed by atoms with E-state index in [0.717, 1.165) is 30.2 Å². The zero-order valence-electron chi connectivity index (χ0n) is 12.0. The lowest BCUT2D eigenvalue weighted by molar-refractivity contribution is -0.118. The van der Waals surface area contributed by atoms with Gasteiger partial charge < -0.3 is 10.1 Å². The molecule has 0 spiro atoms. The van der Waals surface area contributed by atoms with Gasteiger partial charge in [-0.15, -0.1) is 0 Å². The van der Waals surface area contributed by atoms with Crippen LogP contribution in [0, 0.1) is 13.8 Å². The van der Waals surface area contributed by atoms with Gasteiger partial charge in [-0.3, -0.25) is 4.79 Å². The molecule has 0 aliphatic rings. The van der Waals surface area contributed by atoms with E-state index in [-0.39, 0.29) is 12.5 Å². The van der Waals surface area contributed by atoms with Crippen LogP contribution in [0.1, 0.15) is 11.1 Å². The minimum Gasteiger partial charge on any atom is -0.482 e. The Morgan fingerprint density at radius 2 is 1.82 bits per heavy atom. The summed E-state index contributed by atoms with van der Waals surface area (Å²) in [5.41, 5.74) is 2.80. The van der Waals surface area contributed by atoms with Crippen LogP contribution in [0.4, 0.5) is 5.69 Å². The third-order valence-electron chi connectivity index (χ3n) is 2.94. The molecule has 116 valence electrons. The Morgan fingerprint density at radius 3 is 2.45 bits per heavy atom. The lowest BCUT2D eigenvalue weighted by Gasteiger charge is -2.12. The Bertz CT molecular complexity index is 694. The molecular weight excluding hydrogens is 478 g/mol. The predicted octanol–water partition coefficient (Wildman–Crippen LogP) is 5.61. The normalized spacial score (nSPS) is 10.4. The van der Waals surface area contributed by atoms with Crippen LogP contribution in [0.25, 0.3) is 0 Å². The van der Waals surface area contributed by atoms with Crippen LogP contribution in [-0.4, -0.2) is 12.5 Å². The Kier molecular flexibility index (Phi) is 6.06. The first-order valence-corrected chi connectivity index (χ1v) is 8.89. The SMILES string of the molecule is Cc1ccc(NC(=O)COc2c(C)cc(Br)cc2Br)c(Br)c1. The van der Waals surface area contributed by atoms with Crippen molar-refractivity contribution < 1.29 is 9.53 Å². The van der Waals surface area contributed by atoms with E-state index in [0.29, 0.717) is 5.75 Å². The summed E-state index contributed by atoms with van der Waals surface area (Å²) in [6.07, 6.45) is 0. The average Bonchev–Trinajstić information content (AvgIpc) is 2.40. The zero-order valence-corrected chi connectivity index (χ0v) is 16.8. The van der Waals surface area contributed by atoms with E-state index in [2.05, 4.69) is 53.1 Å². The summed E-state index contributed by atoms with van der Waals surface area (Å²) in [5.74, 6) is 0.458. The Hall–Kier alpha value is -0.850. The summed E-state index contributed by atoms with van der Waals surface area (Å²) < 4.78 is 8.24. The number of anilines is 1. The van der Waals surface area contributed by atoms with Gasteiger partial charge in [-0.2, -0.15) is 0 Å². The van der Waals surface area contributed by atoms with E-state index in [9.17, 15) is 4.79 Å². The van der Waals surface area contributed by atoms with Crippen molar-refractivity contribution in [1.82, 2.24) is 0 Å². The predicted molar refractivity (Wildman–Crippen MR) is 99.6 cm³/mol. The molecule has 0 saturated heterocycles. The van der Waals surface area contributed by atoms with E-state index >= 15 is 0 Å². The smallest absolute Gasteiger partial charge is 0.262 e. The number of carbonyl (C=O) groups excluding carboxylic acids is 1. The molecule has 0 aliphatic carbocycles. The van der Waals surface area contributed by atoms with Gasteiger partial charge in [0.2, 0.25) is 0 Å². The maximum atomic E-state index is 12.0. The monoisotopic (exact) mass is 489 g/mol. The molecule has 1 N–H and O–H groups in total. The van der Waals surface area contributed by atoms with E-state index in [4.69, 9.17) is 4.74 Å². The zero-order chi connectivity index (χ0) is 16.3. The van der Waals surface area contributed by atoms with Crippen molar-refractivity contribution >= 4 is 59.4 Å². The van der Waals surface area contributed by atoms with Crippen LogP contribution < -0.4 is 10.1 Å². The Balaban J connectivity index is 2.02. The van der Waals surface area contributed by atoms with E-state index in [1.165, 1.54) is 0 Å². The highest BCUT2D eigenvalue weighted by Gasteiger charge is 2.11. The minimum absolute atomic E-state index is 0.0542. The quantitative estimate of drug-likeness (QED) is 0.604. The molecule has 6 heteroatoms. The first kappa shape index (κ1) is 17.5. The van der Waals surface area contributed by atoms with Crippen LogP contribution in [0.3, 0.4) is 0 Å². The highest BCUT2D eigenvalue weighted by atomic mass is 79.9. The van der Waals surface area contributed by atoms with Crippen molar-refractivity contribution in [2.45, 2.75) is 13.8 Å². The second-order valence-electron chi connectivity index (χ2n) is 4.85. The van der Waals surface area contributed by atoms with E-state index < -0.39 is 0 Å². The number of nitrogens with one attached hydrogen (secondary N) is 1.